The molecule has 0 saturated carbocycles. The maximum atomic E-state index is 13.5. The van der Waals surface area contributed by atoms with Gasteiger partial charge in [-0.05, 0) is 12.1 Å². The number of hydrogen-bond donors (Lipinski definition) is 1. The first kappa shape index (κ1) is 11.6. The summed E-state index contributed by atoms with van der Waals surface area (Å²) in [5, 5.41) is 17.3. The lowest BCUT2D eigenvalue weighted by molar-refractivity contribution is -0.147. The van der Waals surface area contributed by atoms with E-state index < -0.39 is 11.8 Å². The first-order valence-electron chi connectivity index (χ1n) is 5.24. The monoisotopic (exact) mass is 234 g/mol. The van der Waals surface area contributed by atoms with Crippen molar-refractivity contribution in [1.29, 1.82) is 5.26 Å². The van der Waals surface area contributed by atoms with Crippen LogP contribution in [-0.4, -0.2) is 29.1 Å². The van der Waals surface area contributed by atoms with Crippen molar-refractivity contribution < 1.29 is 14.3 Å². The van der Waals surface area contributed by atoms with E-state index in [1.807, 2.05) is 11.0 Å². The fourth-order valence-electron chi connectivity index (χ4n) is 1.84. The lowest BCUT2D eigenvalue weighted by Crippen LogP contribution is -2.49. The van der Waals surface area contributed by atoms with Crippen molar-refractivity contribution in [3.63, 3.8) is 0 Å². The Morgan fingerprint density at radius 2 is 2.29 bits per heavy atom. The zero-order valence-corrected chi connectivity index (χ0v) is 9.06. The third-order valence-electron chi connectivity index (χ3n) is 2.88. The lowest BCUT2D eigenvalue weighted by Gasteiger charge is -2.36. The number of carboxylic acid groups (broad SMARTS) is 1. The molecule has 88 valence electrons. The molecule has 4 nitrogen and oxygen atoms in total. The molecule has 2 rings (SSSR count). The van der Waals surface area contributed by atoms with Crippen molar-refractivity contribution in [3.8, 4) is 6.07 Å². The van der Waals surface area contributed by atoms with E-state index in [2.05, 4.69) is 0 Å². The second kappa shape index (κ2) is 4.52. The van der Waals surface area contributed by atoms with Gasteiger partial charge in [-0.3, -0.25) is 9.69 Å². The van der Waals surface area contributed by atoms with Gasteiger partial charge in [0, 0.05) is 25.2 Å². The van der Waals surface area contributed by atoms with Crippen LogP contribution in [0.1, 0.15) is 11.1 Å². The summed E-state index contributed by atoms with van der Waals surface area (Å²) < 4.78 is 13.5. The molecule has 1 aromatic rings. The van der Waals surface area contributed by atoms with Crippen LogP contribution in [0.15, 0.2) is 18.2 Å². The van der Waals surface area contributed by atoms with Gasteiger partial charge in [-0.2, -0.15) is 5.26 Å². The summed E-state index contributed by atoms with van der Waals surface area (Å²) in [6.45, 7) is 1.30. The number of likely N-dealkylation sites (tertiary alicyclic amines) is 1. The first-order chi connectivity index (χ1) is 8.10. The molecule has 0 aliphatic carbocycles. The van der Waals surface area contributed by atoms with E-state index in [0.717, 1.165) is 0 Å². The van der Waals surface area contributed by atoms with E-state index in [1.165, 1.54) is 6.07 Å². The first-order valence-corrected chi connectivity index (χ1v) is 5.24. The Labute approximate surface area is 97.9 Å². The molecule has 1 fully saturated rings. The summed E-state index contributed by atoms with van der Waals surface area (Å²) in [5.74, 6) is -1.55. The zero-order valence-electron chi connectivity index (χ0n) is 9.06. The summed E-state index contributed by atoms with van der Waals surface area (Å²) in [5.41, 5.74) is 0.783. The van der Waals surface area contributed by atoms with Crippen molar-refractivity contribution in [3.05, 3.63) is 35.1 Å². The van der Waals surface area contributed by atoms with Gasteiger partial charge in [0.2, 0.25) is 0 Å². The number of aliphatic carboxylic acids is 1. The van der Waals surface area contributed by atoms with Crippen LogP contribution in [0.3, 0.4) is 0 Å². The average Bonchev–Trinajstić information content (AvgIpc) is 2.23. The normalized spacial score (nSPS) is 16.2. The van der Waals surface area contributed by atoms with Crippen LogP contribution < -0.4 is 0 Å². The Bertz CT molecular complexity index is 490. The van der Waals surface area contributed by atoms with Crippen LogP contribution in [0.25, 0.3) is 0 Å². The molecule has 17 heavy (non-hydrogen) atoms. The zero-order chi connectivity index (χ0) is 12.4. The average molecular weight is 234 g/mol. The van der Waals surface area contributed by atoms with E-state index >= 15 is 0 Å². The highest BCUT2D eigenvalue weighted by atomic mass is 19.1. The number of benzene rings is 1. The Balaban J connectivity index is 1.97. The number of nitrogens with zero attached hydrogens (tertiary/aromatic N) is 2. The Kier molecular flexibility index (Phi) is 3.07. The van der Waals surface area contributed by atoms with Gasteiger partial charge < -0.3 is 5.11 Å². The van der Waals surface area contributed by atoms with Crippen molar-refractivity contribution in [2.24, 2.45) is 5.92 Å². The number of hydrogen-bond acceptors (Lipinski definition) is 3. The molecule has 0 aromatic heterocycles. The topological polar surface area (TPSA) is 64.3 Å². The van der Waals surface area contributed by atoms with E-state index in [0.29, 0.717) is 30.8 Å². The molecule has 1 saturated heterocycles. The van der Waals surface area contributed by atoms with Crippen LogP contribution in [-0.2, 0) is 11.3 Å². The van der Waals surface area contributed by atoms with E-state index in [9.17, 15) is 9.18 Å². The fraction of sp³-hybridized carbons (Fsp3) is 0.333. The fourth-order valence-corrected chi connectivity index (χ4v) is 1.84. The van der Waals surface area contributed by atoms with Gasteiger partial charge in [0.15, 0.2) is 0 Å². The van der Waals surface area contributed by atoms with Gasteiger partial charge in [-0.1, -0.05) is 6.07 Å². The second-order valence-electron chi connectivity index (χ2n) is 4.15. The van der Waals surface area contributed by atoms with Crippen molar-refractivity contribution in [1.82, 2.24) is 4.90 Å². The van der Waals surface area contributed by atoms with Crippen molar-refractivity contribution in [2.75, 3.05) is 13.1 Å². The summed E-state index contributed by atoms with van der Waals surface area (Å²) in [6, 6.07) is 6.20. The SMILES string of the molecule is N#Cc1ccc(CN2CC(C(=O)O)C2)c(F)c1. The molecule has 5 heteroatoms. The van der Waals surface area contributed by atoms with E-state index in [4.69, 9.17) is 10.4 Å². The summed E-state index contributed by atoms with van der Waals surface area (Å²) in [7, 11) is 0. The molecule has 0 unspecified atom stereocenters. The van der Waals surface area contributed by atoms with E-state index in [1.54, 1.807) is 12.1 Å². The maximum absolute atomic E-state index is 13.5. The minimum Gasteiger partial charge on any atom is -0.481 e. The van der Waals surface area contributed by atoms with Gasteiger partial charge in [0.1, 0.15) is 5.82 Å². The molecule has 1 heterocycles. The molecular weight excluding hydrogens is 223 g/mol. The third kappa shape index (κ3) is 2.43. The van der Waals surface area contributed by atoms with Gasteiger partial charge in [0.25, 0.3) is 0 Å². The number of nitriles is 1. The van der Waals surface area contributed by atoms with Crippen molar-refractivity contribution >= 4 is 5.97 Å². The van der Waals surface area contributed by atoms with Crippen LogP contribution >= 0.6 is 0 Å². The van der Waals surface area contributed by atoms with Gasteiger partial charge >= 0.3 is 5.97 Å². The highest BCUT2D eigenvalue weighted by Gasteiger charge is 2.32. The predicted molar refractivity (Wildman–Crippen MR) is 57.5 cm³/mol. The van der Waals surface area contributed by atoms with Gasteiger partial charge in [-0.15, -0.1) is 0 Å². The van der Waals surface area contributed by atoms with Gasteiger partial charge in [-0.25, -0.2) is 4.39 Å². The van der Waals surface area contributed by atoms with Crippen molar-refractivity contribution in [2.45, 2.75) is 6.54 Å². The molecule has 0 amide bonds. The largest absolute Gasteiger partial charge is 0.481 e. The maximum Gasteiger partial charge on any atom is 0.309 e. The van der Waals surface area contributed by atoms with E-state index in [-0.39, 0.29) is 5.92 Å². The number of carbonyl (C=O) groups is 1. The molecule has 1 N–H and O–H groups in total. The standard InChI is InChI=1S/C12H11FN2O2/c13-11-3-8(4-14)1-2-9(11)5-15-6-10(7-15)12(16)17/h1-3,10H,5-7H2,(H,16,17). The van der Waals surface area contributed by atoms with Gasteiger partial charge in [0.05, 0.1) is 17.6 Å². The second-order valence-corrected chi connectivity index (χ2v) is 4.15. The minimum absolute atomic E-state index is 0.290. The smallest absolute Gasteiger partial charge is 0.309 e. The quantitative estimate of drug-likeness (QED) is 0.853. The van der Waals surface area contributed by atoms with Crippen LogP contribution in [0.4, 0.5) is 4.39 Å². The predicted octanol–water partition coefficient (Wildman–Crippen LogP) is 1.21. The molecule has 1 aliphatic heterocycles. The minimum atomic E-state index is -0.804. The lowest BCUT2D eigenvalue weighted by atomic mass is 9.99. The Morgan fingerprint density at radius 3 is 2.82 bits per heavy atom. The molecule has 0 atom stereocenters. The summed E-state index contributed by atoms with van der Waals surface area (Å²) >= 11 is 0. The summed E-state index contributed by atoms with van der Waals surface area (Å²) in [6.07, 6.45) is 0. The summed E-state index contributed by atoms with van der Waals surface area (Å²) in [4.78, 5) is 12.5. The number of carboxylic acids is 1. The molecule has 1 aliphatic rings. The highest BCUT2D eigenvalue weighted by molar-refractivity contribution is 5.71. The molecule has 0 radical (unpaired) electrons. The highest BCUT2D eigenvalue weighted by Crippen LogP contribution is 2.20. The third-order valence-corrected chi connectivity index (χ3v) is 2.88. The molecular formula is C12H11FN2O2. The van der Waals surface area contributed by atoms with Crippen LogP contribution in [0.5, 0.6) is 0 Å². The molecule has 1 aromatic carbocycles. The number of halogens is 1. The Morgan fingerprint density at radius 1 is 1.59 bits per heavy atom. The Hall–Kier alpha value is -1.93. The number of rotatable bonds is 3. The molecule has 0 spiro atoms. The van der Waals surface area contributed by atoms with Crippen LogP contribution in [0.2, 0.25) is 0 Å². The molecule has 0 bridgehead atoms. The van der Waals surface area contributed by atoms with Crippen LogP contribution in [0, 0.1) is 23.1 Å².